The molecule has 8 heteroatoms. The molecule has 0 aromatic heterocycles. The Labute approximate surface area is 146 Å². The van der Waals surface area contributed by atoms with Crippen LogP contribution in [0.1, 0.15) is 13.8 Å². The Kier molecular flexibility index (Phi) is 4.69. The zero-order valence-electron chi connectivity index (χ0n) is 14.3. The molecule has 1 saturated heterocycles. The molecule has 8 nitrogen and oxygen atoms in total. The van der Waals surface area contributed by atoms with Crippen LogP contribution >= 0.6 is 0 Å². The summed E-state index contributed by atoms with van der Waals surface area (Å²) in [5.41, 5.74) is 3.50. The van der Waals surface area contributed by atoms with Crippen molar-refractivity contribution in [2.75, 3.05) is 31.2 Å². The van der Waals surface area contributed by atoms with E-state index < -0.39 is 6.04 Å². The van der Waals surface area contributed by atoms with Crippen molar-refractivity contribution in [3.63, 3.8) is 0 Å². The molecule has 0 spiro atoms. The van der Waals surface area contributed by atoms with Crippen molar-refractivity contribution in [2.24, 2.45) is 4.99 Å². The van der Waals surface area contributed by atoms with Crippen molar-refractivity contribution in [3.05, 3.63) is 30.3 Å². The minimum Gasteiger partial charge on any atom is -0.339 e. The van der Waals surface area contributed by atoms with Crippen LogP contribution in [-0.2, 0) is 14.4 Å². The zero-order valence-corrected chi connectivity index (χ0v) is 14.3. The Balaban J connectivity index is 1.73. The lowest BCUT2D eigenvalue weighted by Gasteiger charge is -2.36. The Morgan fingerprint density at radius 2 is 1.68 bits per heavy atom. The van der Waals surface area contributed by atoms with E-state index in [0.29, 0.717) is 31.9 Å². The van der Waals surface area contributed by atoms with Gasteiger partial charge in [0.25, 0.3) is 11.8 Å². The average molecular weight is 343 g/mol. The van der Waals surface area contributed by atoms with Crippen LogP contribution in [0.5, 0.6) is 0 Å². The lowest BCUT2D eigenvalue weighted by Crippen LogP contribution is -2.60. The van der Waals surface area contributed by atoms with Crippen LogP contribution in [0.25, 0.3) is 0 Å². The number of rotatable bonds is 2. The number of nitrogens with zero attached hydrogens (tertiary/aromatic N) is 4. The largest absolute Gasteiger partial charge is 0.339 e. The van der Waals surface area contributed by atoms with Crippen molar-refractivity contribution in [1.82, 2.24) is 15.2 Å². The monoisotopic (exact) mass is 343 g/mol. The summed E-state index contributed by atoms with van der Waals surface area (Å²) in [6, 6.07) is 8.44. The number of piperazine rings is 1. The zero-order chi connectivity index (χ0) is 18.0. The van der Waals surface area contributed by atoms with Gasteiger partial charge in [-0.15, -0.1) is 0 Å². The molecule has 3 amide bonds. The number of hydrogen-bond donors (Lipinski definition) is 1. The van der Waals surface area contributed by atoms with E-state index in [0.717, 1.165) is 0 Å². The molecule has 0 radical (unpaired) electrons. The number of carbonyl (C=O) groups excluding carboxylic acids is 3. The summed E-state index contributed by atoms with van der Waals surface area (Å²) in [4.78, 5) is 44.1. The Morgan fingerprint density at radius 1 is 1.08 bits per heavy atom. The summed E-state index contributed by atoms with van der Waals surface area (Å²) in [7, 11) is 0. The highest BCUT2D eigenvalue weighted by Gasteiger charge is 2.33. The molecule has 2 aliphatic rings. The molecule has 132 valence electrons. The van der Waals surface area contributed by atoms with Crippen LogP contribution in [0, 0.1) is 0 Å². The molecule has 1 atom stereocenters. The fraction of sp³-hybridized carbons (Fsp3) is 0.412. The first-order valence-corrected chi connectivity index (χ1v) is 8.25. The van der Waals surface area contributed by atoms with Gasteiger partial charge in [-0.05, 0) is 19.1 Å². The van der Waals surface area contributed by atoms with Crippen molar-refractivity contribution in [3.8, 4) is 0 Å². The summed E-state index contributed by atoms with van der Waals surface area (Å²) in [6.07, 6.45) is 0. The molecular weight excluding hydrogens is 322 g/mol. The number of carbonyl (C=O) groups is 3. The smallest absolute Gasteiger partial charge is 0.290 e. The number of hydrazine groups is 1. The minimum atomic E-state index is -0.640. The SMILES string of the molecule is CC(=O)N1CCN(C(=O)C2=N[C@H](C)C(=O)N(c3ccccc3)N2)CC1. The van der Waals surface area contributed by atoms with Crippen molar-refractivity contribution < 1.29 is 14.4 Å². The highest BCUT2D eigenvalue weighted by atomic mass is 16.2. The molecular formula is C17H21N5O3. The Hall–Kier alpha value is -2.90. The van der Waals surface area contributed by atoms with Gasteiger partial charge in [0.1, 0.15) is 6.04 Å². The van der Waals surface area contributed by atoms with Crippen molar-refractivity contribution >= 4 is 29.2 Å². The summed E-state index contributed by atoms with van der Waals surface area (Å²) >= 11 is 0. The predicted molar refractivity (Wildman–Crippen MR) is 92.8 cm³/mol. The van der Waals surface area contributed by atoms with E-state index in [4.69, 9.17) is 0 Å². The van der Waals surface area contributed by atoms with Gasteiger partial charge in [-0.3, -0.25) is 19.8 Å². The van der Waals surface area contributed by atoms with Crippen molar-refractivity contribution in [2.45, 2.75) is 19.9 Å². The third-order valence-corrected chi connectivity index (χ3v) is 4.35. The van der Waals surface area contributed by atoms with E-state index in [1.165, 1.54) is 11.9 Å². The molecule has 2 heterocycles. The topological polar surface area (TPSA) is 85.3 Å². The molecule has 0 bridgehead atoms. The lowest BCUT2D eigenvalue weighted by molar-refractivity contribution is -0.135. The van der Waals surface area contributed by atoms with Crippen LogP contribution in [0.15, 0.2) is 35.3 Å². The standard InChI is InChI=1S/C17H21N5O3/c1-12-16(24)22(14-6-4-3-5-7-14)19-15(18-12)17(25)21-10-8-20(9-11-21)13(2)23/h3-7,12H,8-11H2,1-2H3,(H,18,19)/t12-/m1/s1. The van der Waals surface area contributed by atoms with Crippen LogP contribution in [0.2, 0.25) is 0 Å². The Morgan fingerprint density at radius 3 is 2.28 bits per heavy atom. The molecule has 2 aliphatic heterocycles. The van der Waals surface area contributed by atoms with Crippen molar-refractivity contribution in [1.29, 1.82) is 0 Å². The second-order valence-corrected chi connectivity index (χ2v) is 6.07. The van der Waals surface area contributed by atoms with E-state index >= 15 is 0 Å². The number of aliphatic imine (C=N–C) groups is 1. The second kappa shape index (κ2) is 6.92. The van der Waals surface area contributed by atoms with Gasteiger partial charge >= 0.3 is 0 Å². The third kappa shape index (κ3) is 3.47. The molecule has 25 heavy (non-hydrogen) atoms. The van der Waals surface area contributed by atoms with Gasteiger partial charge < -0.3 is 9.80 Å². The van der Waals surface area contributed by atoms with Gasteiger partial charge in [0.15, 0.2) is 0 Å². The molecule has 1 aromatic rings. The summed E-state index contributed by atoms with van der Waals surface area (Å²) in [5, 5.41) is 1.36. The molecule has 0 saturated carbocycles. The fourth-order valence-corrected chi connectivity index (χ4v) is 2.87. The minimum absolute atomic E-state index is 0.00898. The second-order valence-electron chi connectivity index (χ2n) is 6.07. The summed E-state index contributed by atoms with van der Waals surface area (Å²) in [6.45, 7) is 5.10. The number of amides is 3. The van der Waals surface area contributed by atoms with E-state index in [1.807, 2.05) is 18.2 Å². The van der Waals surface area contributed by atoms with E-state index in [-0.39, 0.29) is 23.6 Å². The van der Waals surface area contributed by atoms with E-state index in [2.05, 4.69) is 10.4 Å². The highest BCUT2D eigenvalue weighted by Crippen LogP contribution is 2.16. The van der Waals surface area contributed by atoms with Gasteiger partial charge in [0.2, 0.25) is 11.7 Å². The average Bonchev–Trinajstić information content (AvgIpc) is 2.64. The summed E-state index contributed by atoms with van der Waals surface area (Å²) in [5.74, 6) is -0.324. The third-order valence-electron chi connectivity index (χ3n) is 4.35. The first kappa shape index (κ1) is 16.9. The van der Waals surface area contributed by atoms with Gasteiger partial charge in [-0.1, -0.05) is 18.2 Å². The molecule has 0 unspecified atom stereocenters. The first-order chi connectivity index (χ1) is 12.0. The van der Waals surface area contributed by atoms with Crippen LogP contribution in [-0.4, -0.2) is 65.6 Å². The molecule has 1 fully saturated rings. The van der Waals surface area contributed by atoms with Crippen LogP contribution in [0.4, 0.5) is 5.69 Å². The lowest BCUT2D eigenvalue weighted by atomic mass is 10.2. The van der Waals surface area contributed by atoms with E-state index in [1.54, 1.807) is 28.9 Å². The molecule has 3 rings (SSSR count). The number of hydrogen-bond acceptors (Lipinski definition) is 5. The number of nitrogens with one attached hydrogen (secondary N) is 1. The quantitative estimate of drug-likeness (QED) is 0.820. The maximum absolute atomic E-state index is 12.8. The maximum atomic E-state index is 12.8. The molecule has 1 aromatic carbocycles. The highest BCUT2D eigenvalue weighted by molar-refractivity contribution is 6.39. The van der Waals surface area contributed by atoms with Gasteiger partial charge in [-0.2, -0.15) is 0 Å². The number of benzene rings is 1. The first-order valence-electron chi connectivity index (χ1n) is 8.25. The van der Waals surface area contributed by atoms with Gasteiger partial charge in [-0.25, -0.2) is 10.0 Å². The summed E-state index contributed by atoms with van der Waals surface area (Å²) < 4.78 is 0. The van der Waals surface area contributed by atoms with E-state index in [9.17, 15) is 14.4 Å². The maximum Gasteiger partial charge on any atom is 0.290 e. The van der Waals surface area contributed by atoms with Crippen LogP contribution < -0.4 is 10.4 Å². The van der Waals surface area contributed by atoms with Gasteiger partial charge in [0.05, 0.1) is 5.69 Å². The fourth-order valence-electron chi connectivity index (χ4n) is 2.87. The number of amidine groups is 1. The number of para-hydroxylation sites is 1. The number of anilines is 1. The predicted octanol–water partition coefficient (Wildman–Crippen LogP) is 0.0155. The Bertz CT molecular complexity index is 710. The normalized spacial score (nSPS) is 20.9. The van der Waals surface area contributed by atoms with Gasteiger partial charge in [0, 0.05) is 33.1 Å². The molecule has 0 aliphatic carbocycles. The van der Waals surface area contributed by atoms with Crippen LogP contribution in [0.3, 0.4) is 0 Å². The molecule has 1 N–H and O–H groups in total.